The maximum absolute atomic E-state index is 7.18. The van der Waals surface area contributed by atoms with Gasteiger partial charge in [0.1, 0.15) is 17.3 Å². The highest BCUT2D eigenvalue weighted by molar-refractivity contribution is 6.09. The summed E-state index contributed by atoms with van der Waals surface area (Å²) in [5.74, 6) is 2.46. The van der Waals surface area contributed by atoms with Crippen LogP contribution in [0, 0.1) is 10.8 Å². The van der Waals surface area contributed by atoms with Gasteiger partial charge in [0.25, 0.3) is 0 Å². The number of benzene rings is 6. The molecule has 6 aromatic carbocycles. The second-order valence-corrected chi connectivity index (χ2v) is 23.6. The van der Waals surface area contributed by atoms with Gasteiger partial charge in [-0.15, -0.1) is 0 Å². The van der Waals surface area contributed by atoms with Crippen molar-refractivity contribution in [2.45, 2.75) is 113 Å². The first-order valence-electron chi connectivity index (χ1n) is 24.4. The van der Waals surface area contributed by atoms with Crippen molar-refractivity contribution in [2.24, 2.45) is 10.8 Å². The van der Waals surface area contributed by atoms with Crippen molar-refractivity contribution in [1.29, 1.82) is 0 Å². The summed E-state index contributed by atoms with van der Waals surface area (Å²) in [6.45, 7) is 33.2. The predicted octanol–water partition coefficient (Wildman–Crippen LogP) is 17.1. The Morgan fingerprint density at radius 2 is 0.985 bits per heavy atom. The van der Waals surface area contributed by atoms with Crippen LogP contribution < -0.4 is 14.5 Å². The van der Waals surface area contributed by atoms with Crippen LogP contribution in [0.25, 0.3) is 38.8 Å². The van der Waals surface area contributed by atoms with Crippen LogP contribution in [0.5, 0.6) is 11.5 Å². The number of hydrogen-bond acceptors (Lipinski definition) is 4. The maximum atomic E-state index is 7.18. The summed E-state index contributed by atoms with van der Waals surface area (Å²) in [6.07, 6.45) is 1.94. The number of nitrogens with zero attached hydrogens (tertiary/aromatic N) is 4. The minimum absolute atomic E-state index is 0.0232. The zero-order valence-electron chi connectivity index (χ0n) is 42.9. The van der Waals surface area contributed by atoms with Crippen molar-refractivity contribution in [3.05, 3.63) is 192 Å². The van der Waals surface area contributed by atoms with E-state index in [4.69, 9.17) is 9.72 Å². The second-order valence-electron chi connectivity index (χ2n) is 23.6. The normalized spacial score (nSPS) is 14.1. The lowest BCUT2D eigenvalue weighted by Gasteiger charge is -2.35. The van der Waals surface area contributed by atoms with Gasteiger partial charge in [0.2, 0.25) is 0 Å². The van der Waals surface area contributed by atoms with Crippen LogP contribution in [0.15, 0.2) is 169 Å². The molecule has 0 atom stereocenters. The second kappa shape index (κ2) is 16.9. The van der Waals surface area contributed by atoms with Crippen LogP contribution in [0.3, 0.4) is 0 Å². The fourth-order valence-electron chi connectivity index (χ4n) is 10.1. The molecule has 0 amide bonds. The maximum Gasteiger partial charge on any atom is 0.137 e. The predicted molar refractivity (Wildman–Crippen MR) is 289 cm³/mol. The average Bonchev–Trinajstić information content (AvgIpc) is 3.87. The fourth-order valence-corrected chi connectivity index (χ4v) is 10.1. The minimum atomic E-state index is -0.334. The molecule has 3 heterocycles. The lowest BCUT2D eigenvalue weighted by molar-refractivity contribution is 0.444. The molecule has 1 aliphatic rings. The summed E-state index contributed by atoms with van der Waals surface area (Å²) in [5, 5.41) is 2.35. The molecule has 0 N–H and O–H groups in total. The molecule has 348 valence electrons. The van der Waals surface area contributed by atoms with E-state index in [9.17, 15) is 0 Å². The molecule has 0 saturated carbocycles. The van der Waals surface area contributed by atoms with Crippen LogP contribution in [0.1, 0.15) is 119 Å². The van der Waals surface area contributed by atoms with Crippen molar-refractivity contribution >= 4 is 33.2 Å². The molecule has 0 radical (unpaired) electrons. The standard InChI is InChI=1S/C63H70N4O/c1-59(2,3)45-31-32-64-56(38-45)67-54-28-22-21-27-52(54)53-30-29-50(40-55(53)67)68-51-37-47(63(13,14)44-25-19-16-20-26-44)36-49(39-51)66-41-65(57(61(7,8)9)58(66)62(10,11)12)48-34-43(42-23-17-15-18-24-42)33-46(35-48)60(4,5)6/h15-40H,41H2,1-14H3. The van der Waals surface area contributed by atoms with E-state index in [0.717, 1.165) is 39.4 Å². The number of pyridine rings is 1. The number of hydrogen-bond donors (Lipinski definition) is 0. The highest BCUT2D eigenvalue weighted by Gasteiger charge is 2.42. The third-order valence-electron chi connectivity index (χ3n) is 13.8. The zero-order valence-corrected chi connectivity index (χ0v) is 42.9. The fraction of sp³-hybridized carbons (Fsp3) is 0.317. The van der Waals surface area contributed by atoms with E-state index in [-0.39, 0.29) is 27.1 Å². The van der Waals surface area contributed by atoms with Gasteiger partial charge in [-0.2, -0.15) is 0 Å². The van der Waals surface area contributed by atoms with Crippen LogP contribution in [0.4, 0.5) is 11.4 Å². The van der Waals surface area contributed by atoms with Crippen LogP contribution in [0.2, 0.25) is 0 Å². The summed E-state index contributed by atoms with van der Waals surface area (Å²) in [5.41, 5.74) is 13.7. The molecule has 0 fully saturated rings. The lowest BCUT2D eigenvalue weighted by Crippen LogP contribution is -2.32. The number of fused-ring (bicyclic) bond motifs is 3. The molecule has 0 spiro atoms. The van der Waals surface area contributed by atoms with Crippen LogP contribution in [-0.4, -0.2) is 16.2 Å². The van der Waals surface area contributed by atoms with Gasteiger partial charge in [-0.25, -0.2) is 4.98 Å². The minimum Gasteiger partial charge on any atom is -0.457 e. The Hall–Kier alpha value is -6.59. The molecule has 8 aromatic rings. The Morgan fingerprint density at radius 3 is 1.62 bits per heavy atom. The van der Waals surface area contributed by atoms with Gasteiger partial charge in [0.05, 0.1) is 17.7 Å². The average molecular weight is 899 g/mol. The molecule has 2 aromatic heterocycles. The Bertz CT molecular complexity index is 3180. The molecule has 5 nitrogen and oxygen atoms in total. The van der Waals surface area contributed by atoms with E-state index in [2.05, 4.69) is 263 Å². The Balaban J connectivity index is 1.22. The first kappa shape index (κ1) is 46.5. The molecular formula is C63H70N4O. The largest absolute Gasteiger partial charge is 0.457 e. The van der Waals surface area contributed by atoms with E-state index in [0.29, 0.717) is 6.67 Å². The molecule has 5 heteroatoms. The Labute approximate surface area is 406 Å². The van der Waals surface area contributed by atoms with Crippen molar-refractivity contribution in [3.63, 3.8) is 0 Å². The Morgan fingerprint density at radius 1 is 0.412 bits per heavy atom. The Kier molecular flexibility index (Phi) is 11.5. The topological polar surface area (TPSA) is 33.5 Å². The number of rotatable bonds is 8. The summed E-state index contributed by atoms with van der Waals surface area (Å²) >= 11 is 0. The molecule has 9 rings (SSSR count). The van der Waals surface area contributed by atoms with Gasteiger partial charge in [0.15, 0.2) is 0 Å². The molecule has 1 aliphatic heterocycles. The molecule has 68 heavy (non-hydrogen) atoms. The first-order valence-corrected chi connectivity index (χ1v) is 24.4. The van der Waals surface area contributed by atoms with Crippen LogP contribution in [-0.2, 0) is 16.2 Å². The number of ether oxygens (including phenoxy) is 1. The van der Waals surface area contributed by atoms with Crippen molar-refractivity contribution in [1.82, 2.24) is 9.55 Å². The lowest BCUT2D eigenvalue weighted by atomic mass is 9.77. The summed E-state index contributed by atoms with van der Waals surface area (Å²) in [7, 11) is 0. The quantitative estimate of drug-likeness (QED) is 0.152. The van der Waals surface area contributed by atoms with Gasteiger partial charge >= 0.3 is 0 Å². The number of anilines is 2. The summed E-state index contributed by atoms with van der Waals surface area (Å²) in [4.78, 5) is 10.1. The van der Waals surface area contributed by atoms with Crippen molar-refractivity contribution in [3.8, 4) is 28.4 Å². The van der Waals surface area contributed by atoms with E-state index in [1.807, 2.05) is 6.20 Å². The highest BCUT2D eigenvalue weighted by Crippen LogP contribution is 2.50. The molecule has 0 unspecified atom stereocenters. The molecule has 0 aliphatic carbocycles. The first-order chi connectivity index (χ1) is 32.0. The highest BCUT2D eigenvalue weighted by atomic mass is 16.5. The molecule has 0 saturated heterocycles. The third kappa shape index (κ3) is 8.84. The van der Waals surface area contributed by atoms with Gasteiger partial charge in [-0.1, -0.05) is 182 Å². The molecular weight excluding hydrogens is 829 g/mol. The zero-order chi connectivity index (χ0) is 48.6. The van der Waals surface area contributed by atoms with Crippen LogP contribution >= 0.6 is 0 Å². The monoisotopic (exact) mass is 899 g/mol. The van der Waals surface area contributed by atoms with Crippen molar-refractivity contribution < 1.29 is 4.74 Å². The summed E-state index contributed by atoms with van der Waals surface area (Å²) < 4.78 is 9.47. The number of para-hydroxylation sites is 1. The number of allylic oxidation sites excluding steroid dienone is 2. The summed E-state index contributed by atoms with van der Waals surface area (Å²) in [6, 6.07) is 55.3. The third-order valence-corrected chi connectivity index (χ3v) is 13.8. The van der Waals surface area contributed by atoms with E-state index >= 15 is 0 Å². The molecule has 0 bridgehead atoms. The number of aromatic nitrogens is 2. The van der Waals surface area contributed by atoms with Gasteiger partial charge in [-0.05, 0) is 98.8 Å². The van der Waals surface area contributed by atoms with Gasteiger partial charge in [0, 0.05) is 68.1 Å². The van der Waals surface area contributed by atoms with E-state index in [1.54, 1.807) is 0 Å². The smallest absolute Gasteiger partial charge is 0.137 e. The van der Waals surface area contributed by atoms with E-state index in [1.165, 1.54) is 55.8 Å². The van der Waals surface area contributed by atoms with Crippen molar-refractivity contribution in [2.75, 3.05) is 16.5 Å². The van der Waals surface area contributed by atoms with Gasteiger partial charge in [-0.3, -0.25) is 4.57 Å². The van der Waals surface area contributed by atoms with Gasteiger partial charge < -0.3 is 14.5 Å². The SMILES string of the molecule is CC(C)(C)C1=C(C(C)(C)C)N(c2cc(Oc3ccc4c5ccccc5n(-c5cc(C(C)(C)C)ccn5)c4c3)cc(C(C)(C)c3ccccc3)c2)CN1c1cc(-c2ccccc2)cc(C(C)(C)C)c1. The van der Waals surface area contributed by atoms with E-state index < -0.39 is 0 Å².